The van der Waals surface area contributed by atoms with E-state index in [0.29, 0.717) is 31.5 Å². The number of ether oxygens (including phenoxy) is 2. The maximum atomic E-state index is 12.7. The fourth-order valence-electron chi connectivity index (χ4n) is 6.47. The Kier molecular flexibility index (Phi) is 2.91. The fourth-order valence-corrected chi connectivity index (χ4v) is 6.47. The van der Waals surface area contributed by atoms with Gasteiger partial charge in [-0.05, 0) is 68.6 Å². The van der Waals surface area contributed by atoms with Crippen LogP contribution in [0.25, 0.3) is 0 Å². The number of carbonyl (C=O) groups is 2. The van der Waals surface area contributed by atoms with Crippen molar-refractivity contribution in [2.24, 2.45) is 21.7 Å². The van der Waals surface area contributed by atoms with Gasteiger partial charge in [0.1, 0.15) is 0 Å². The van der Waals surface area contributed by atoms with Gasteiger partial charge in [-0.3, -0.25) is 9.59 Å². The van der Waals surface area contributed by atoms with Gasteiger partial charge in [-0.2, -0.15) is 0 Å². The molecule has 0 unspecified atom stereocenters. The average molecular weight is 318 g/mol. The molecule has 0 radical (unpaired) electrons. The van der Waals surface area contributed by atoms with E-state index in [4.69, 9.17) is 9.47 Å². The van der Waals surface area contributed by atoms with Crippen molar-refractivity contribution in [3.05, 3.63) is 11.6 Å². The number of rotatable bonds is 4. The van der Waals surface area contributed by atoms with Gasteiger partial charge in [0.2, 0.25) is 0 Å². The summed E-state index contributed by atoms with van der Waals surface area (Å²) in [5, 5.41) is 0. The van der Waals surface area contributed by atoms with Gasteiger partial charge >= 0.3 is 11.9 Å². The van der Waals surface area contributed by atoms with Crippen LogP contribution in [0.5, 0.6) is 0 Å². The summed E-state index contributed by atoms with van der Waals surface area (Å²) in [5.41, 5.74) is 0.953. The van der Waals surface area contributed by atoms with E-state index in [1.807, 2.05) is 0 Å². The fraction of sp³-hybridized carbons (Fsp3) is 0.789. The number of hydrogen-bond donors (Lipinski definition) is 0. The quantitative estimate of drug-likeness (QED) is 0.453. The standard InChI is InChI=1S/C19H26O4/c1-4-22-14(20)18(15(21)23-5-2)10-17-9-16(3)8-6-7-13(16)19(17,11-17)12-18/h7H,4-6,8-12H2,1-3H3/t16-,17+,19+/m0/s1. The lowest BCUT2D eigenvalue weighted by atomic mass is 9.70. The van der Waals surface area contributed by atoms with Crippen molar-refractivity contribution < 1.29 is 19.1 Å². The van der Waals surface area contributed by atoms with Gasteiger partial charge in [-0.1, -0.05) is 18.6 Å². The predicted molar refractivity (Wildman–Crippen MR) is 84.5 cm³/mol. The highest BCUT2D eigenvalue weighted by Crippen LogP contribution is 2.90. The maximum Gasteiger partial charge on any atom is 0.323 e. The molecule has 4 heteroatoms. The molecule has 3 atom stereocenters. The van der Waals surface area contributed by atoms with Gasteiger partial charge in [-0.15, -0.1) is 0 Å². The third kappa shape index (κ3) is 1.62. The van der Waals surface area contributed by atoms with Gasteiger partial charge in [-0.25, -0.2) is 0 Å². The molecule has 3 saturated carbocycles. The first-order valence-corrected chi connectivity index (χ1v) is 8.94. The Morgan fingerprint density at radius 2 is 1.70 bits per heavy atom. The second-order valence-electron chi connectivity index (χ2n) is 8.31. The van der Waals surface area contributed by atoms with Crippen LogP contribution in [0, 0.1) is 21.7 Å². The molecule has 23 heavy (non-hydrogen) atoms. The summed E-state index contributed by atoms with van der Waals surface area (Å²) in [4.78, 5) is 25.4. The average Bonchev–Trinajstić information content (AvgIpc) is 2.75. The molecule has 4 nitrogen and oxygen atoms in total. The summed E-state index contributed by atoms with van der Waals surface area (Å²) in [6.07, 6.45) is 8.21. The van der Waals surface area contributed by atoms with Crippen LogP contribution in [0.2, 0.25) is 0 Å². The number of esters is 2. The third-order valence-corrected chi connectivity index (χ3v) is 7.05. The Hall–Kier alpha value is -1.32. The molecule has 0 amide bonds. The Labute approximate surface area is 137 Å². The first-order chi connectivity index (χ1) is 10.9. The predicted octanol–water partition coefficient (Wildman–Crippen LogP) is 3.40. The second-order valence-corrected chi connectivity index (χ2v) is 8.31. The van der Waals surface area contributed by atoms with Crippen LogP contribution in [0.4, 0.5) is 0 Å². The van der Waals surface area contributed by atoms with Crippen LogP contribution in [-0.2, 0) is 19.1 Å². The van der Waals surface area contributed by atoms with Crippen LogP contribution in [0.3, 0.4) is 0 Å². The highest BCUT2D eigenvalue weighted by molar-refractivity contribution is 6.01. The second kappa shape index (κ2) is 4.40. The Balaban J connectivity index is 1.71. The summed E-state index contributed by atoms with van der Waals surface area (Å²) in [6.45, 7) is 6.56. The van der Waals surface area contributed by atoms with E-state index in [0.717, 1.165) is 19.3 Å². The first kappa shape index (κ1) is 15.2. The summed E-state index contributed by atoms with van der Waals surface area (Å²) >= 11 is 0. The van der Waals surface area contributed by atoms with Gasteiger partial charge in [0.05, 0.1) is 13.2 Å². The van der Waals surface area contributed by atoms with Crippen molar-refractivity contribution in [3.8, 4) is 0 Å². The molecular weight excluding hydrogens is 292 g/mol. The maximum absolute atomic E-state index is 12.7. The molecule has 4 aliphatic rings. The van der Waals surface area contributed by atoms with Crippen molar-refractivity contribution in [2.75, 3.05) is 13.2 Å². The lowest BCUT2D eigenvalue weighted by Gasteiger charge is -2.34. The molecule has 0 aromatic rings. The van der Waals surface area contributed by atoms with Crippen LogP contribution < -0.4 is 0 Å². The molecule has 0 aromatic carbocycles. The van der Waals surface area contributed by atoms with Gasteiger partial charge < -0.3 is 9.47 Å². The number of hydrogen-bond acceptors (Lipinski definition) is 4. The van der Waals surface area contributed by atoms with Crippen molar-refractivity contribution in [1.82, 2.24) is 0 Å². The zero-order chi connectivity index (χ0) is 16.5. The van der Waals surface area contributed by atoms with Crippen molar-refractivity contribution in [2.45, 2.75) is 59.3 Å². The monoisotopic (exact) mass is 318 g/mol. The summed E-state index contributed by atoms with van der Waals surface area (Å²) in [6, 6.07) is 0. The Bertz CT molecular complexity index is 603. The Morgan fingerprint density at radius 3 is 2.30 bits per heavy atom. The van der Waals surface area contributed by atoms with Crippen molar-refractivity contribution in [3.63, 3.8) is 0 Å². The molecule has 0 bridgehead atoms. The number of allylic oxidation sites excluding steroid dienone is 2. The molecule has 0 spiro atoms. The van der Waals surface area contributed by atoms with Crippen LogP contribution >= 0.6 is 0 Å². The molecule has 0 aromatic heterocycles. The molecule has 0 N–H and O–H groups in total. The van der Waals surface area contributed by atoms with E-state index in [9.17, 15) is 9.59 Å². The van der Waals surface area contributed by atoms with Crippen molar-refractivity contribution in [1.29, 1.82) is 0 Å². The lowest BCUT2D eigenvalue weighted by Crippen LogP contribution is -2.43. The highest BCUT2D eigenvalue weighted by Gasteiger charge is 2.85. The van der Waals surface area contributed by atoms with Crippen LogP contribution in [0.15, 0.2) is 11.6 Å². The summed E-state index contributed by atoms with van der Waals surface area (Å²) in [5.74, 6) is -0.738. The third-order valence-electron chi connectivity index (χ3n) is 7.05. The Morgan fingerprint density at radius 1 is 1.04 bits per heavy atom. The molecule has 4 rings (SSSR count). The molecule has 126 valence electrons. The minimum absolute atomic E-state index is 0.0672. The van der Waals surface area contributed by atoms with Crippen LogP contribution in [-0.4, -0.2) is 25.2 Å². The lowest BCUT2D eigenvalue weighted by molar-refractivity contribution is -0.173. The summed E-state index contributed by atoms with van der Waals surface area (Å²) in [7, 11) is 0. The van der Waals surface area contributed by atoms with E-state index < -0.39 is 5.41 Å². The minimum atomic E-state index is -1.07. The van der Waals surface area contributed by atoms with E-state index >= 15 is 0 Å². The number of fused-ring (bicyclic) bond motifs is 1. The molecule has 0 saturated heterocycles. The van der Waals surface area contributed by atoms with E-state index in [1.165, 1.54) is 12.0 Å². The largest absolute Gasteiger partial charge is 0.465 e. The van der Waals surface area contributed by atoms with E-state index in [2.05, 4.69) is 13.0 Å². The molecular formula is C19H26O4. The molecule has 0 aliphatic heterocycles. The normalized spacial score (nSPS) is 41.6. The molecule has 3 fully saturated rings. The van der Waals surface area contributed by atoms with Gasteiger partial charge in [0.15, 0.2) is 5.41 Å². The SMILES string of the molecule is CCOC(=O)C1(C(=O)OCC)C[C@@]23C[C@]4(C)CCC=C4[C@]2(C1)C3. The summed E-state index contributed by atoms with van der Waals surface area (Å²) < 4.78 is 10.6. The highest BCUT2D eigenvalue weighted by atomic mass is 16.6. The number of carbonyl (C=O) groups excluding carboxylic acids is 2. The van der Waals surface area contributed by atoms with Gasteiger partial charge in [0.25, 0.3) is 0 Å². The zero-order valence-electron chi connectivity index (χ0n) is 14.4. The smallest absolute Gasteiger partial charge is 0.323 e. The van der Waals surface area contributed by atoms with E-state index in [1.54, 1.807) is 13.8 Å². The topological polar surface area (TPSA) is 52.6 Å². The molecule has 0 heterocycles. The van der Waals surface area contributed by atoms with Crippen molar-refractivity contribution >= 4 is 11.9 Å². The van der Waals surface area contributed by atoms with Crippen LogP contribution in [0.1, 0.15) is 59.3 Å². The molecule has 4 aliphatic carbocycles. The first-order valence-electron chi connectivity index (χ1n) is 8.94. The van der Waals surface area contributed by atoms with E-state index in [-0.39, 0.29) is 22.8 Å². The minimum Gasteiger partial charge on any atom is -0.465 e. The zero-order valence-corrected chi connectivity index (χ0v) is 14.4. The van der Waals surface area contributed by atoms with Gasteiger partial charge in [0, 0.05) is 0 Å².